The number of nitrogens with zero attached hydrogens (tertiary/aromatic N) is 1. The van der Waals surface area contributed by atoms with Crippen molar-refractivity contribution in [1.29, 1.82) is 0 Å². The van der Waals surface area contributed by atoms with E-state index in [1.807, 2.05) is 0 Å². The van der Waals surface area contributed by atoms with Crippen molar-refractivity contribution in [3.8, 4) is 0 Å². The van der Waals surface area contributed by atoms with Crippen molar-refractivity contribution < 1.29 is 14.4 Å². The molecule has 1 aromatic rings. The van der Waals surface area contributed by atoms with E-state index in [0.29, 0.717) is 18.2 Å². The van der Waals surface area contributed by atoms with Crippen LogP contribution < -0.4 is 5.32 Å². The van der Waals surface area contributed by atoms with E-state index in [9.17, 15) is 4.79 Å². The van der Waals surface area contributed by atoms with Crippen LogP contribution >= 0.6 is 0 Å². The second-order valence-electron chi connectivity index (χ2n) is 5.55. The molecule has 0 unspecified atom stereocenters. The van der Waals surface area contributed by atoms with Gasteiger partial charge in [-0.3, -0.25) is 4.79 Å². The molecule has 0 saturated heterocycles. The molecular weight excluding hydrogens is 232 g/mol. The van der Waals surface area contributed by atoms with Gasteiger partial charge in [0, 0.05) is 25.1 Å². The largest absolute Gasteiger partial charge is 0.396 e. The Kier molecular flexibility index (Phi) is 2.86. The van der Waals surface area contributed by atoms with Crippen LogP contribution in [0, 0.1) is 5.41 Å². The lowest BCUT2D eigenvalue weighted by molar-refractivity contribution is 0.0931. The molecule has 0 spiro atoms. The number of hydrogen-bond acceptors (Lipinski definition) is 4. The zero-order valence-electron chi connectivity index (χ0n) is 10.3. The Morgan fingerprint density at radius 1 is 1.56 bits per heavy atom. The van der Waals surface area contributed by atoms with Gasteiger partial charge in [0.25, 0.3) is 5.91 Å². The predicted molar refractivity (Wildman–Crippen MR) is 64.2 cm³/mol. The molecule has 2 aliphatic carbocycles. The number of carbonyl (C=O) groups excluding carboxylic acids is 1. The average Bonchev–Trinajstić information content (AvgIpc) is 3.29. The van der Waals surface area contributed by atoms with E-state index < -0.39 is 0 Å². The molecule has 0 radical (unpaired) electrons. The maximum atomic E-state index is 11.9. The molecule has 2 saturated carbocycles. The van der Waals surface area contributed by atoms with Crippen LogP contribution in [0.25, 0.3) is 0 Å². The number of nitrogens with one attached hydrogen (secondary N) is 1. The van der Waals surface area contributed by atoms with Crippen LogP contribution in [0.5, 0.6) is 0 Å². The normalized spacial score (nSPS) is 20.7. The molecule has 98 valence electrons. The van der Waals surface area contributed by atoms with Gasteiger partial charge in [0.05, 0.1) is 0 Å². The van der Waals surface area contributed by atoms with Crippen molar-refractivity contribution in [2.45, 2.75) is 38.0 Å². The van der Waals surface area contributed by atoms with E-state index in [1.54, 1.807) is 6.07 Å². The third-order valence-corrected chi connectivity index (χ3v) is 3.96. The molecule has 2 aliphatic rings. The zero-order valence-corrected chi connectivity index (χ0v) is 10.3. The first-order valence-corrected chi connectivity index (χ1v) is 6.58. The van der Waals surface area contributed by atoms with Crippen molar-refractivity contribution in [2.24, 2.45) is 5.41 Å². The number of aliphatic hydroxyl groups is 1. The van der Waals surface area contributed by atoms with Gasteiger partial charge in [-0.1, -0.05) is 5.16 Å². The highest BCUT2D eigenvalue weighted by Gasteiger charge is 2.42. The van der Waals surface area contributed by atoms with Crippen LogP contribution in [-0.2, 0) is 0 Å². The number of aromatic nitrogens is 1. The highest BCUT2D eigenvalue weighted by atomic mass is 16.5. The lowest BCUT2D eigenvalue weighted by Crippen LogP contribution is -2.30. The number of rotatable bonds is 6. The minimum Gasteiger partial charge on any atom is -0.396 e. The van der Waals surface area contributed by atoms with Crippen LogP contribution in [0.15, 0.2) is 10.6 Å². The fourth-order valence-corrected chi connectivity index (χ4v) is 2.24. The molecule has 5 heteroatoms. The summed E-state index contributed by atoms with van der Waals surface area (Å²) in [6, 6.07) is 1.75. The molecule has 1 aromatic heterocycles. The summed E-state index contributed by atoms with van der Waals surface area (Å²) < 4.78 is 5.15. The highest BCUT2D eigenvalue weighted by molar-refractivity contribution is 5.92. The summed E-state index contributed by atoms with van der Waals surface area (Å²) in [5.74, 6) is 1.13. The Morgan fingerprint density at radius 2 is 2.33 bits per heavy atom. The van der Waals surface area contributed by atoms with Crippen molar-refractivity contribution in [3.63, 3.8) is 0 Å². The van der Waals surface area contributed by atoms with Crippen LogP contribution in [0.3, 0.4) is 0 Å². The summed E-state index contributed by atoms with van der Waals surface area (Å²) in [5.41, 5.74) is 0.504. The third kappa shape index (κ3) is 2.41. The molecule has 0 atom stereocenters. The van der Waals surface area contributed by atoms with Gasteiger partial charge in [0.15, 0.2) is 5.69 Å². The number of hydrogen-bond donors (Lipinski definition) is 2. The van der Waals surface area contributed by atoms with Crippen LogP contribution in [0.2, 0.25) is 0 Å². The molecule has 0 aliphatic heterocycles. The average molecular weight is 250 g/mol. The fourth-order valence-electron chi connectivity index (χ4n) is 2.24. The van der Waals surface area contributed by atoms with E-state index in [1.165, 1.54) is 0 Å². The molecule has 18 heavy (non-hydrogen) atoms. The molecule has 1 heterocycles. The Labute approximate surface area is 106 Å². The Hall–Kier alpha value is -1.36. The molecule has 0 aromatic carbocycles. The van der Waals surface area contributed by atoms with Crippen molar-refractivity contribution in [2.75, 3.05) is 13.2 Å². The van der Waals surface area contributed by atoms with Crippen LogP contribution in [0.1, 0.15) is 54.3 Å². The van der Waals surface area contributed by atoms with Crippen LogP contribution in [0.4, 0.5) is 0 Å². The van der Waals surface area contributed by atoms with Gasteiger partial charge in [0.2, 0.25) is 0 Å². The van der Waals surface area contributed by atoms with E-state index in [0.717, 1.165) is 37.9 Å². The second-order valence-corrected chi connectivity index (χ2v) is 5.55. The Morgan fingerprint density at radius 3 is 2.94 bits per heavy atom. The van der Waals surface area contributed by atoms with E-state index in [2.05, 4.69) is 10.5 Å². The van der Waals surface area contributed by atoms with Gasteiger partial charge in [-0.05, 0) is 37.5 Å². The molecule has 2 fully saturated rings. The molecule has 1 amide bonds. The van der Waals surface area contributed by atoms with Gasteiger partial charge in [-0.25, -0.2) is 0 Å². The summed E-state index contributed by atoms with van der Waals surface area (Å²) in [4.78, 5) is 11.9. The standard InChI is InChI=1S/C13H18N2O3/c16-6-5-13(3-4-13)8-14-12(17)10-7-11(18-15-10)9-1-2-9/h7,9,16H,1-6,8H2,(H,14,17). The summed E-state index contributed by atoms with van der Waals surface area (Å²) in [5, 5.41) is 15.7. The van der Waals surface area contributed by atoms with Gasteiger partial charge in [-0.15, -0.1) is 0 Å². The van der Waals surface area contributed by atoms with Gasteiger partial charge >= 0.3 is 0 Å². The molecule has 0 bridgehead atoms. The van der Waals surface area contributed by atoms with E-state index in [4.69, 9.17) is 9.63 Å². The van der Waals surface area contributed by atoms with E-state index >= 15 is 0 Å². The quantitative estimate of drug-likeness (QED) is 0.801. The first-order chi connectivity index (χ1) is 8.72. The smallest absolute Gasteiger partial charge is 0.273 e. The SMILES string of the molecule is O=C(NCC1(CCO)CC1)c1cc(C2CC2)on1. The summed E-state index contributed by atoms with van der Waals surface area (Å²) in [6.45, 7) is 0.809. The molecule has 2 N–H and O–H groups in total. The first-order valence-electron chi connectivity index (χ1n) is 6.58. The second kappa shape index (κ2) is 4.39. The molecule has 5 nitrogen and oxygen atoms in total. The van der Waals surface area contributed by atoms with Crippen molar-refractivity contribution >= 4 is 5.91 Å². The van der Waals surface area contributed by atoms with Crippen molar-refractivity contribution in [1.82, 2.24) is 10.5 Å². The van der Waals surface area contributed by atoms with E-state index in [-0.39, 0.29) is 17.9 Å². The fraction of sp³-hybridized carbons (Fsp3) is 0.692. The summed E-state index contributed by atoms with van der Waals surface area (Å²) in [7, 11) is 0. The lowest BCUT2D eigenvalue weighted by Gasteiger charge is -2.13. The van der Waals surface area contributed by atoms with Gasteiger partial charge < -0.3 is 14.9 Å². The van der Waals surface area contributed by atoms with Crippen LogP contribution in [-0.4, -0.2) is 29.3 Å². The monoisotopic (exact) mass is 250 g/mol. The lowest BCUT2D eigenvalue weighted by atomic mass is 10.0. The van der Waals surface area contributed by atoms with Gasteiger partial charge in [0.1, 0.15) is 5.76 Å². The third-order valence-electron chi connectivity index (χ3n) is 3.96. The summed E-state index contributed by atoms with van der Waals surface area (Å²) >= 11 is 0. The molecule has 3 rings (SSSR count). The number of amides is 1. The predicted octanol–water partition coefficient (Wildman–Crippen LogP) is 1.44. The maximum Gasteiger partial charge on any atom is 0.273 e. The van der Waals surface area contributed by atoms with Crippen molar-refractivity contribution in [3.05, 3.63) is 17.5 Å². The Bertz CT molecular complexity index is 447. The maximum absolute atomic E-state index is 11.9. The minimum atomic E-state index is -0.171. The minimum absolute atomic E-state index is 0.132. The van der Waals surface area contributed by atoms with Gasteiger partial charge in [-0.2, -0.15) is 0 Å². The first kappa shape index (κ1) is 11.7. The zero-order chi connectivity index (χ0) is 12.6. The summed E-state index contributed by atoms with van der Waals surface area (Å²) in [6.07, 6.45) is 5.20. The number of aliphatic hydroxyl groups excluding tert-OH is 1. The number of carbonyl (C=O) groups is 1. The Balaban J connectivity index is 1.54. The topological polar surface area (TPSA) is 75.4 Å². The molecular formula is C13H18N2O3. The highest BCUT2D eigenvalue weighted by Crippen LogP contribution is 2.47.